The van der Waals surface area contributed by atoms with Gasteiger partial charge in [0.1, 0.15) is 18.0 Å². The van der Waals surface area contributed by atoms with Crippen molar-refractivity contribution in [1.82, 2.24) is 4.57 Å². The minimum absolute atomic E-state index is 0.173. The molecule has 1 aromatic heterocycles. The van der Waals surface area contributed by atoms with Crippen LogP contribution in [0.15, 0.2) is 40.9 Å². The molecule has 0 aliphatic carbocycles. The van der Waals surface area contributed by atoms with Crippen molar-refractivity contribution in [2.45, 2.75) is 13.5 Å². The third kappa shape index (κ3) is 3.39. The van der Waals surface area contributed by atoms with Gasteiger partial charge >= 0.3 is 0 Å². The summed E-state index contributed by atoms with van der Waals surface area (Å²) in [6.45, 7) is 2.15. The number of methoxy groups -OCH3 is 2. The number of para-hydroxylation sites is 1. The summed E-state index contributed by atoms with van der Waals surface area (Å²) in [7, 11) is 3.04. The standard InChI is InChI=1S/C19H18BrClN2O3/c1-11-19(20)12-6-4-5-7-15(12)23(11)10-18(24)22-14-9-16(25-2)13(21)8-17(14)26-3/h4-9H,10H2,1-3H3,(H,22,24). The Hall–Kier alpha value is -2.18. The van der Waals surface area contributed by atoms with Gasteiger partial charge in [0.15, 0.2) is 0 Å². The molecular weight excluding hydrogens is 420 g/mol. The first-order chi connectivity index (χ1) is 12.5. The van der Waals surface area contributed by atoms with Crippen LogP contribution in [0, 0.1) is 6.92 Å². The maximum Gasteiger partial charge on any atom is 0.244 e. The van der Waals surface area contributed by atoms with Crippen LogP contribution in [0.4, 0.5) is 5.69 Å². The van der Waals surface area contributed by atoms with Crippen molar-refractivity contribution in [3.63, 3.8) is 0 Å². The Labute approximate surface area is 165 Å². The van der Waals surface area contributed by atoms with E-state index in [9.17, 15) is 4.79 Å². The molecule has 0 spiro atoms. The van der Waals surface area contributed by atoms with Crippen molar-refractivity contribution in [1.29, 1.82) is 0 Å². The highest BCUT2D eigenvalue weighted by molar-refractivity contribution is 9.10. The van der Waals surface area contributed by atoms with Crippen molar-refractivity contribution in [2.24, 2.45) is 0 Å². The number of carbonyl (C=O) groups is 1. The lowest BCUT2D eigenvalue weighted by Gasteiger charge is -2.14. The van der Waals surface area contributed by atoms with E-state index in [-0.39, 0.29) is 12.5 Å². The predicted molar refractivity (Wildman–Crippen MR) is 108 cm³/mol. The number of halogens is 2. The number of hydrogen-bond donors (Lipinski definition) is 1. The molecule has 0 saturated carbocycles. The quantitative estimate of drug-likeness (QED) is 0.610. The van der Waals surface area contributed by atoms with Gasteiger partial charge in [0.05, 0.1) is 24.9 Å². The first-order valence-corrected chi connectivity index (χ1v) is 9.08. The van der Waals surface area contributed by atoms with Gasteiger partial charge in [-0.3, -0.25) is 4.79 Å². The zero-order valence-corrected chi connectivity index (χ0v) is 16.9. The Morgan fingerprint density at radius 3 is 2.58 bits per heavy atom. The molecule has 1 N–H and O–H groups in total. The lowest BCUT2D eigenvalue weighted by Crippen LogP contribution is -2.19. The molecule has 3 rings (SSSR count). The number of fused-ring (bicyclic) bond motifs is 1. The molecule has 0 aliphatic rings. The maximum atomic E-state index is 12.7. The molecular formula is C19H18BrClN2O3. The smallest absolute Gasteiger partial charge is 0.244 e. The van der Waals surface area contributed by atoms with E-state index in [0.717, 1.165) is 21.1 Å². The number of anilines is 1. The number of nitrogens with one attached hydrogen (secondary N) is 1. The summed E-state index contributed by atoms with van der Waals surface area (Å²) in [5.41, 5.74) is 2.49. The molecule has 0 fully saturated rings. The van der Waals surface area contributed by atoms with Gasteiger partial charge in [-0.15, -0.1) is 0 Å². The SMILES string of the molecule is COc1cc(NC(=O)Cn2c(C)c(Br)c3ccccc32)c(OC)cc1Cl. The van der Waals surface area contributed by atoms with Crippen molar-refractivity contribution >= 4 is 50.0 Å². The fourth-order valence-corrected chi connectivity index (χ4v) is 3.66. The highest BCUT2D eigenvalue weighted by atomic mass is 79.9. The lowest BCUT2D eigenvalue weighted by atomic mass is 10.2. The van der Waals surface area contributed by atoms with Gasteiger partial charge in [-0.25, -0.2) is 0 Å². The van der Waals surface area contributed by atoms with Gasteiger partial charge in [0.25, 0.3) is 0 Å². The summed E-state index contributed by atoms with van der Waals surface area (Å²) in [5, 5.41) is 4.36. The normalized spacial score (nSPS) is 10.8. The number of carbonyl (C=O) groups excluding carboxylic acids is 1. The van der Waals surface area contributed by atoms with Crippen LogP contribution in [0.25, 0.3) is 10.9 Å². The van der Waals surface area contributed by atoms with Gasteiger partial charge in [0, 0.05) is 33.2 Å². The lowest BCUT2D eigenvalue weighted by molar-refractivity contribution is -0.116. The Kier molecular flexibility index (Phi) is 5.44. The molecule has 0 radical (unpaired) electrons. The number of aromatic nitrogens is 1. The van der Waals surface area contributed by atoms with E-state index < -0.39 is 0 Å². The predicted octanol–water partition coefficient (Wildman–Crippen LogP) is 5.02. The van der Waals surface area contributed by atoms with E-state index >= 15 is 0 Å². The van der Waals surface area contributed by atoms with E-state index in [1.54, 1.807) is 12.1 Å². The Morgan fingerprint density at radius 1 is 1.19 bits per heavy atom. The second-order valence-electron chi connectivity index (χ2n) is 5.74. The van der Waals surface area contributed by atoms with E-state index in [4.69, 9.17) is 21.1 Å². The van der Waals surface area contributed by atoms with Crippen molar-refractivity contribution in [3.8, 4) is 11.5 Å². The summed E-state index contributed by atoms with van der Waals surface area (Å²) in [6, 6.07) is 11.2. The minimum Gasteiger partial charge on any atom is -0.495 e. The molecule has 0 saturated heterocycles. The van der Waals surface area contributed by atoms with Gasteiger partial charge in [-0.05, 0) is 28.9 Å². The third-order valence-electron chi connectivity index (χ3n) is 4.20. The molecule has 5 nitrogen and oxygen atoms in total. The van der Waals surface area contributed by atoms with Crippen LogP contribution < -0.4 is 14.8 Å². The second-order valence-corrected chi connectivity index (χ2v) is 6.94. The fourth-order valence-electron chi connectivity index (χ4n) is 2.88. The number of ether oxygens (including phenoxy) is 2. The monoisotopic (exact) mass is 436 g/mol. The van der Waals surface area contributed by atoms with Crippen LogP contribution >= 0.6 is 27.5 Å². The molecule has 0 atom stereocenters. The number of amides is 1. The summed E-state index contributed by atoms with van der Waals surface area (Å²) in [5.74, 6) is 0.761. The van der Waals surface area contributed by atoms with E-state index in [0.29, 0.717) is 22.2 Å². The van der Waals surface area contributed by atoms with Gasteiger partial charge in [-0.1, -0.05) is 29.8 Å². The molecule has 1 amide bonds. The van der Waals surface area contributed by atoms with Crippen LogP contribution in [0.1, 0.15) is 5.69 Å². The maximum absolute atomic E-state index is 12.7. The zero-order valence-electron chi connectivity index (χ0n) is 14.6. The molecule has 2 aromatic carbocycles. The number of nitrogens with zero attached hydrogens (tertiary/aromatic N) is 1. The van der Waals surface area contributed by atoms with E-state index in [1.807, 2.05) is 35.8 Å². The van der Waals surface area contributed by atoms with Crippen molar-refractivity contribution in [2.75, 3.05) is 19.5 Å². The molecule has 26 heavy (non-hydrogen) atoms. The summed E-state index contributed by atoms with van der Waals surface area (Å²) >= 11 is 9.71. The zero-order chi connectivity index (χ0) is 18.8. The van der Waals surface area contributed by atoms with Gasteiger partial charge < -0.3 is 19.4 Å². The fraction of sp³-hybridized carbons (Fsp3) is 0.211. The molecule has 0 aliphatic heterocycles. The summed E-state index contributed by atoms with van der Waals surface area (Å²) < 4.78 is 13.5. The highest BCUT2D eigenvalue weighted by Gasteiger charge is 2.16. The van der Waals surface area contributed by atoms with Crippen molar-refractivity contribution < 1.29 is 14.3 Å². The van der Waals surface area contributed by atoms with Crippen LogP contribution in [-0.4, -0.2) is 24.7 Å². The minimum atomic E-state index is -0.177. The average molecular weight is 438 g/mol. The van der Waals surface area contributed by atoms with Crippen LogP contribution in [0.2, 0.25) is 5.02 Å². The van der Waals surface area contributed by atoms with E-state index in [1.165, 1.54) is 14.2 Å². The first kappa shape index (κ1) is 18.6. The molecule has 3 aromatic rings. The second kappa shape index (κ2) is 7.60. The van der Waals surface area contributed by atoms with Crippen molar-refractivity contribution in [3.05, 3.63) is 51.6 Å². The molecule has 0 bridgehead atoms. The van der Waals surface area contributed by atoms with Gasteiger partial charge in [-0.2, -0.15) is 0 Å². The third-order valence-corrected chi connectivity index (χ3v) is 5.50. The van der Waals surface area contributed by atoms with Crippen LogP contribution in [0.3, 0.4) is 0 Å². The van der Waals surface area contributed by atoms with E-state index in [2.05, 4.69) is 21.2 Å². The number of hydrogen-bond acceptors (Lipinski definition) is 3. The molecule has 7 heteroatoms. The largest absolute Gasteiger partial charge is 0.495 e. The Morgan fingerprint density at radius 2 is 1.88 bits per heavy atom. The Balaban J connectivity index is 1.90. The summed E-state index contributed by atoms with van der Waals surface area (Å²) in [4.78, 5) is 12.7. The highest BCUT2D eigenvalue weighted by Crippen LogP contribution is 2.36. The topological polar surface area (TPSA) is 52.5 Å². The average Bonchev–Trinajstić information content (AvgIpc) is 2.88. The Bertz CT molecular complexity index is 985. The molecule has 1 heterocycles. The van der Waals surface area contributed by atoms with Crippen LogP contribution in [-0.2, 0) is 11.3 Å². The number of benzene rings is 2. The first-order valence-electron chi connectivity index (χ1n) is 7.91. The summed E-state index contributed by atoms with van der Waals surface area (Å²) in [6.07, 6.45) is 0. The van der Waals surface area contributed by atoms with Gasteiger partial charge in [0.2, 0.25) is 5.91 Å². The van der Waals surface area contributed by atoms with Crippen LogP contribution in [0.5, 0.6) is 11.5 Å². The number of rotatable bonds is 5. The molecule has 0 unspecified atom stereocenters. The molecule has 136 valence electrons.